The molecule has 1 N–H and O–H groups in total. The third-order valence-corrected chi connectivity index (χ3v) is 7.51. The lowest BCUT2D eigenvalue weighted by atomic mass is 9.93. The van der Waals surface area contributed by atoms with E-state index in [2.05, 4.69) is 35.5 Å². The summed E-state index contributed by atoms with van der Waals surface area (Å²) in [5.74, 6) is 2.14. The van der Waals surface area contributed by atoms with E-state index in [-0.39, 0.29) is 5.92 Å². The normalized spacial score (nSPS) is 19.5. The molecule has 2 aromatic rings. The number of anilines is 1. The van der Waals surface area contributed by atoms with E-state index >= 15 is 0 Å². The van der Waals surface area contributed by atoms with Gasteiger partial charge in [-0.1, -0.05) is 30.3 Å². The molecule has 1 atom stereocenters. The second-order valence-corrected chi connectivity index (χ2v) is 9.73. The molecule has 1 aliphatic carbocycles. The van der Waals surface area contributed by atoms with Crippen LogP contribution >= 0.6 is 11.6 Å². The first-order valence-electron chi connectivity index (χ1n) is 11.9. The van der Waals surface area contributed by atoms with Crippen LogP contribution in [0.5, 0.6) is 0 Å². The Balaban J connectivity index is 1.42. The molecule has 1 aromatic carbocycles. The molecule has 32 heavy (non-hydrogen) atoms. The molecule has 5 heteroatoms. The molecule has 0 amide bonds. The molecule has 0 bridgehead atoms. The minimum atomic E-state index is 0.193. The highest BCUT2D eigenvalue weighted by Crippen LogP contribution is 2.34. The molecule has 0 spiro atoms. The summed E-state index contributed by atoms with van der Waals surface area (Å²) in [5, 5.41) is 5.19. The zero-order chi connectivity index (χ0) is 22.7. The first kappa shape index (κ1) is 22.8. The highest BCUT2D eigenvalue weighted by atomic mass is 35.5. The third kappa shape index (κ3) is 5.01. The van der Waals surface area contributed by atoms with Crippen molar-refractivity contribution in [3.8, 4) is 0 Å². The van der Waals surface area contributed by atoms with Crippen molar-refractivity contribution in [3.63, 3.8) is 0 Å². The van der Waals surface area contributed by atoms with Crippen molar-refractivity contribution in [3.05, 3.63) is 53.6 Å². The highest BCUT2D eigenvalue weighted by Gasteiger charge is 2.23. The average Bonchev–Trinajstić information content (AvgIpc) is 3.20. The van der Waals surface area contributed by atoms with E-state index in [1.807, 2.05) is 12.1 Å². The Bertz CT molecular complexity index is 1020. The van der Waals surface area contributed by atoms with Crippen LogP contribution < -0.4 is 10.2 Å². The van der Waals surface area contributed by atoms with E-state index in [1.165, 1.54) is 31.3 Å². The van der Waals surface area contributed by atoms with Gasteiger partial charge in [0.25, 0.3) is 0 Å². The number of fused-ring (bicyclic) bond motifs is 1. The topological polar surface area (TPSA) is 45.2 Å². The Hall–Kier alpha value is -2.33. The Morgan fingerprint density at radius 2 is 2.00 bits per heavy atom. The van der Waals surface area contributed by atoms with Crippen molar-refractivity contribution in [2.75, 3.05) is 24.5 Å². The quantitative estimate of drug-likeness (QED) is 0.373. The molecule has 1 unspecified atom stereocenters. The molecule has 1 aliphatic heterocycles. The molecular weight excluding hydrogens is 418 g/mol. The smallest absolute Gasteiger partial charge is 0.133 e. The number of allylic oxidation sites excluding steroid dienone is 1. The number of nitrogens with one attached hydrogen (secondary N) is 1. The number of ketones is 1. The lowest BCUT2D eigenvalue weighted by Crippen LogP contribution is -2.36. The van der Waals surface area contributed by atoms with E-state index < -0.39 is 0 Å². The van der Waals surface area contributed by atoms with E-state index in [4.69, 9.17) is 16.6 Å². The van der Waals surface area contributed by atoms with Crippen LogP contribution in [-0.4, -0.2) is 30.4 Å². The van der Waals surface area contributed by atoms with Crippen LogP contribution in [0.25, 0.3) is 16.6 Å². The van der Waals surface area contributed by atoms with Crippen molar-refractivity contribution in [1.29, 1.82) is 0 Å². The number of hydrogen-bond donors (Lipinski definition) is 1. The number of benzene rings is 1. The van der Waals surface area contributed by atoms with Gasteiger partial charge in [-0.25, -0.2) is 4.98 Å². The Labute approximate surface area is 196 Å². The number of nitrogens with zero attached hydrogens (tertiary/aromatic N) is 2. The summed E-state index contributed by atoms with van der Waals surface area (Å²) < 4.78 is 0. The van der Waals surface area contributed by atoms with Crippen molar-refractivity contribution in [2.45, 2.75) is 51.9 Å². The molecule has 170 valence electrons. The van der Waals surface area contributed by atoms with Crippen LogP contribution in [0.4, 0.5) is 5.82 Å². The Morgan fingerprint density at radius 1 is 1.22 bits per heavy atom. The average molecular weight is 452 g/mol. The summed E-state index contributed by atoms with van der Waals surface area (Å²) in [6, 6.07) is 8.06. The minimum Gasteiger partial charge on any atom is -0.385 e. The van der Waals surface area contributed by atoms with Gasteiger partial charge in [-0.15, -0.1) is 0 Å². The molecule has 1 aromatic heterocycles. The molecule has 4 rings (SSSR count). The third-order valence-electron chi connectivity index (χ3n) is 7.20. The second kappa shape index (κ2) is 10.1. The van der Waals surface area contributed by atoms with Crippen LogP contribution in [0.3, 0.4) is 0 Å². The van der Waals surface area contributed by atoms with E-state index in [0.29, 0.717) is 16.7 Å². The van der Waals surface area contributed by atoms with Gasteiger partial charge < -0.3 is 10.2 Å². The number of carbonyl (C=O) groups is 1. The fraction of sp³-hybridized carbons (Fsp3) is 0.481. The molecule has 2 aliphatic rings. The zero-order valence-corrected chi connectivity index (χ0v) is 19.9. The number of halogens is 1. The van der Waals surface area contributed by atoms with Crippen LogP contribution in [0.2, 0.25) is 5.02 Å². The SMILES string of the molecule is C=C(NCCCC1CCCC1=C)c1c(Cl)ccc2nc(N3CCC(C(C)=O)CC3)ccc12. The molecule has 2 heterocycles. The Morgan fingerprint density at radius 3 is 2.69 bits per heavy atom. The van der Waals surface area contributed by atoms with Crippen LogP contribution in [0.15, 0.2) is 43.0 Å². The second-order valence-electron chi connectivity index (χ2n) is 9.33. The fourth-order valence-electron chi connectivity index (χ4n) is 5.17. The van der Waals surface area contributed by atoms with Gasteiger partial charge in [0.1, 0.15) is 11.6 Å². The van der Waals surface area contributed by atoms with Gasteiger partial charge in [-0.2, -0.15) is 0 Å². The molecule has 0 radical (unpaired) electrons. The highest BCUT2D eigenvalue weighted by molar-refractivity contribution is 6.33. The number of carbonyl (C=O) groups excluding carboxylic acids is 1. The summed E-state index contributed by atoms with van der Waals surface area (Å²) in [7, 11) is 0. The Kier molecular flexibility index (Phi) is 7.20. The summed E-state index contributed by atoms with van der Waals surface area (Å²) in [6.07, 6.45) is 7.86. The first-order chi connectivity index (χ1) is 15.4. The lowest BCUT2D eigenvalue weighted by molar-refractivity contribution is -0.121. The first-order valence-corrected chi connectivity index (χ1v) is 12.3. The van der Waals surface area contributed by atoms with Crippen molar-refractivity contribution < 1.29 is 4.79 Å². The van der Waals surface area contributed by atoms with Gasteiger partial charge in [0.2, 0.25) is 0 Å². The molecule has 1 saturated carbocycles. The summed E-state index contributed by atoms with van der Waals surface area (Å²) >= 11 is 6.59. The van der Waals surface area contributed by atoms with E-state index in [1.54, 1.807) is 6.92 Å². The number of rotatable bonds is 8. The standard InChI is InChI=1S/C27H34ClN3O/c1-18-6-4-7-21(18)8-5-15-29-19(2)27-23-9-12-26(30-25(23)11-10-24(27)28)31-16-13-22(14-17-31)20(3)32/h9-12,21-22,29H,1-2,4-8,13-17H2,3H3. The van der Waals surface area contributed by atoms with E-state index in [0.717, 1.165) is 66.9 Å². The van der Waals surface area contributed by atoms with Crippen LogP contribution in [-0.2, 0) is 4.79 Å². The maximum atomic E-state index is 11.7. The predicted molar refractivity (Wildman–Crippen MR) is 135 cm³/mol. The molecule has 1 saturated heterocycles. The van der Waals surface area contributed by atoms with Crippen molar-refractivity contribution in [1.82, 2.24) is 10.3 Å². The summed E-state index contributed by atoms with van der Waals surface area (Å²) in [5.41, 5.74) is 4.13. The van der Waals surface area contributed by atoms with Crippen LogP contribution in [0, 0.1) is 11.8 Å². The van der Waals surface area contributed by atoms with Gasteiger partial charge in [0.05, 0.1) is 10.5 Å². The van der Waals surface area contributed by atoms with Crippen LogP contribution in [0.1, 0.15) is 57.4 Å². The van der Waals surface area contributed by atoms with Gasteiger partial charge in [0.15, 0.2) is 0 Å². The van der Waals surface area contributed by atoms with E-state index in [9.17, 15) is 4.79 Å². The largest absolute Gasteiger partial charge is 0.385 e. The number of pyridine rings is 1. The zero-order valence-electron chi connectivity index (χ0n) is 19.1. The maximum absolute atomic E-state index is 11.7. The summed E-state index contributed by atoms with van der Waals surface area (Å²) in [4.78, 5) is 18.8. The van der Waals surface area contributed by atoms with Gasteiger partial charge in [-0.3, -0.25) is 4.79 Å². The summed E-state index contributed by atoms with van der Waals surface area (Å²) in [6.45, 7) is 12.8. The minimum absolute atomic E-state index is 0.193. The predicted octanol–water partition coefficient (Wildman–Crippen LogP) is 6.39. The number of piperidine rings is 1. The van der Waals surface area contributed by atoms with Gasteiger partial charge in [-0.05, 0) is 82.1 Å². The number of hydrogen-bond acceptors (Lipinski definition) is 4. The lowest BCUT2D eigenvalue weighted by Gasteiger charge is -2.31. The molecular formula is C27H34ClN3O. The molecule has 2 fully saturated rings. The number of Topliss-reactive ketones (excluding diaryl/α,β-unsaturated/α-hetero) is 1. The molecule has 4 nitrogen and oxygen atoms in total. The van der Waals surface area contributed by atoms with Crippen molar-refractivity contribution in [2.24, 2.45) is 11.8 Å². The maximum Gasteiger partial charge on any atom is 0.133 e. The number of aromatic nitrogens is 1. The fourth-order valence-corrected chi connectivity index (χ4v) is 5.45. The monoisotopic (exact) mass is 451 g/mol. The van der Waals surface area contributed by atoms with Gasteiger partial charge >= 0.3 is 0 Å². The van der Waals surface area contributed by atoms with Gasteiger partial charge in [0, 0.05) is 42.2 Å². The van der Waals surface area contributed by atoms with Crippen molar-refractivity contribution >= 4 is 39.8 Å².